The van der Waals surface area contributed by atoms with Crippen LogP contribution in [0.4, 0.5) is 23.7 Å². The molecular weight excluding hydrogens is 581 g/mol. The standard InChI is InChI=1S/C31H31F3N4O6/c32-31(33,34)29(42)44-28(41)19-25(23-16-14-22(15-17-23)21-9-3-1-4-10-21)38-27(40)20-36-26(39)13-7-8-18-35-30(43)37-24-11-5-2-6-12-24/h1-6,9-12,14-17,25H,7-8,13,18-20H2,(H,36,39)(H,38,40)(H2,35,37,43). The van der Waals surface area contributed by atoms with Gasteiger partial charge in [0, 0.05) is 18.7 Å². The summed E-state index contributed by atoms with van der Waals surface area (Å²) >= 11 is 0. The predicted molar refractivity (Wildman–Crippen MR) is 155 cm³/mol. The molecule has 4 N–H and O–H groups in total. The van der Waals surface area contributed by atoms with Crippen molar-refractivity contribution in [3.05, 3.63) is 90.5 Å². The quantitative estimate of drug-likeness (QED) is 0.126. The lowest BCUT2D eigenvalue weighted by molar-refractivity contribution is -0.202. The van der Waals surface area contributed by atoms with Crippen molar-refractivity contribution in [2.45, 2.75) is 37.9 Å². The van der Waals surface area contributed by atoms with Crippen LogP contribution in [0, 0.1) is 0 Å². The van der Waals surface area contributed by atoms with Crippen LogP contribution in [0.2, 0.25) is 0 Å². The molecule has 0 aromatic heterocycles. The summed E-state index contributed by atoms with van der Waals surface area (Å²) in [7, 11) is 0. The summed E-state index contributed by atoms with van der Waals surface area (Å²) in [6, 6.07) is 23.2. The van der Waals surface area contributed by atoms with Gasteiger partial charge >= 0.3 is 24.1 Å². The lowest BCUT2D eigenvalue weighted by Crippen LogP contribution is -2.39. The zero-order chi connectivity index (χ0) is 32.0. The van der Waals surface area contributed by atoms with Gasteiger partial charge in [0.05, 0.1) is 19.0 Å². The van der Waals surface area contributed by atoms with Crippen LogP contribution in [0.15, 0.2) is 84.9 Å². The zero-order valence-electron chi connectivity index (χ0n) is 23.5. The smallest absolute Gasteiger partial charge is 0.386 e. The molecule has 0 saturated carbocycles. The first kappa shape index (κ1) is 33.3. The Hall–Kier alpha value is -5.20. The number of anilines is 1. The van der Waals surface area contributed by atoms with Gasteiger partial charge in [-0.3, -0.25) is 14.4 Å². The minimum atomic E-state index is -5.36. The van der Waals surface area contributed by atoms with E-state index in [0.29, 0.717) is 30.6 Å². The third kappa shape index (κ3) is 11.6. The molecule has 0 spiro atoms. The van der Waals surface area contributed by atoms with Crippen LogP contribution in [0.3, 0.4) is 0 Å². The van der Waals surface area contributed by atoms with Crippen LogP contribution in [0.5, 0.6) is 0 Å². The molecule has 3 aromatic rings. The number of carbonyl (C=O) groups excluding carboxylic acids is 5. The highest BCUT2D eigenvalue weighted by Gasteiger charge is 2.42. The number of nitrogens with one attached hydrogen (secondary N) is 4. The summed E-state index contributed by atoms with van der Waals surface area (Å²) in [5, 5.41) is 10.3. The number of hydrogen-bond donors (Lipinski definition) is 4. The SMILES string of the molecule is O=C(CCCCNC(=O)Nc1ccccc1)NCC(=O)NC(CC(=O)OC(=O)C(F)(F)F)c1ccc(-c2ccccc2)cc1. The summed E-state index contributed by atoms with van der Waals surface area (Å²) in [5.74, 6) is -5.30. The number of urea groups is 1. The molecular formula is C31H31F3N4O6. The third-order valence-electron chi connectivity index (χ3n) is 6.16. The second kappa shape index (κ2) is 16.4. The molecule has 3 rings (SSSR count). The number of amides is 4. The second-order valence-corrected chi connectivity index (χ2v) is 9.55. The number of ether oxygens (including phenoxy) is 1. The molecule has 0 bridgehead atoms. The van der Waals surface area contributed by atoms with Crippen LogP contribution in [-0.2, 0) is 23.9 Å². The van der Waals surface area contributed by atoms with Crippen molar-refractivity contribution < 1.29 is 41.9 Å². The zero-order valence-corrected chi connectivity index (χ0v) is 23.5. The van der Waals surface area contributed by atoms with Crippen LogP contribution in [0.25, 0.3) is 11.1 Å². The first-order valence-corrected chi connectivity index (χ1v) is 13.6. The second-order valence-electron chi connectivity index (χ2n) is 9.55. The lowest BCUT2D eigenvalue weighted by Gasteiger charge is -2.19. The highest BCUT2D eigenvalue weighted by molar-refractivity contribution is 5.90. The number of rotatable bonds is 13. The molecule has 0 aliphatic heterocycles. The Morgan fingerprint density at radius 3 is 1.98 bits per heavy atom. The predicted octanol–water partition coefficient (Wildman–Crippen LogP) is 4.64. The first-order valence-electron chi connectivity index (χ1n) is 13.6. The van der Waals surface area contributed by atoms with Gasteiger partial charge in [0.15, 0.2) is 0 Å². The number of halogens is 3. The van der Waals surface area contributed by atoms with E-state index in [0.717, 1.165) is 11.1 Å². The fourth-order valence-electron chi connectivity index (χ4n) is 3.98. The maximum Gasteiger partial charge on any atom is 0.491 e. The van der Waals surface area contributed by atoms with Gasteiger partial charge in [0.25, 0.3) is 0 Å². The topological polar surface area (TPSA) is 143 Å². The van der Waals surface area contributed by atoms with E-state index in [9.17, 15) is 37.1 Å². The van der Waals surface area contributed by atoms with Gasteiger partial charge in [0.2, 0.25) is 11.8 Å². The lowest BCUT2D eigenvalue weighted by atomic mass is 9.99. The normalized spacial score (nSPS) is 11.5. The molecule has 0 heterocycles. The van der Waals surface area contributed by atoms with Crippen molar-refractivity contribution >= 4 is 35.5 Å². The highest BCUT2D eigenvalue weighted by Crippen LogP contribution is 2.24. The van der Waals surface area contributed by atoms with E-state index >= 15 is 0 Å². The Morgan fingerprint density at radius 2 is 1.34 bits per heavy atom. The van der Waals surface area contributed by atoms with Crippen molar-refractivity contribution in [2.24, 2.45) is 0 Å². The summed E-state index contributed by atoms with van der Waals surface area (Å²) in [6.07, 6.45) is -5.13. The van der Waals surface area contributed by atoms with Crippen molar-refractivity contribution in [1.82, 2.24) is 16.0 Å². The Balaban J connectivity index is 1.48. The number of hydrogen-bond acceptors (Lipinski definition) is 6. The number of alkyl halides is 3. The van der Waals surface area contributed by atoms with Gasteiger partial charge in [-0.05, 0) is 41.7 Å². The molecule has 0 aliphatic carbocycles. The number of esters is 2. The van der Waals surface area contributed by atoms with Crippen molar-refractivity contribution in [1.29, 1.82) is 0 Å². The minimum Gasteiger partial charge on any atom is -0.386 e. The van der Waals surface area contributed by atoms with Gasteiger partial charge in [0.1, 0.15) is 0 Å². The van der Waals surface area contributed by atoms with Crippen molar-refractivity contribution in [2.75, 3.05) is 18.4 Å². The maximum atomic E-state index is 12.6. The molecule has 0 saturated heterocycles. The molecule has 1 unspecified atom stereocenters. The van der Waals surface area contributed by atoms with Gasteiger partial charge in [-0.25, -0.2) is 9.59 Å². The maximum absolute atomic E-state index is 12.6. The van der Waals surface area contributed by atoms with E-state index in [-0.39, 0.29) is 12.5 Å². The summed E-state index contributed by atoms with van der Waals surface area (Å²) < 4.78 is 41.5. The van der Waals surface area contributed by atoms with Crippen molar-refractivity contribution in [3.8, 4) is 11.1 Å². The average molecular weight is 613 g/mol. The summed E-state index contributed by atoms with van der Waals surface area (Å²) in [6.45, 7) is -0.143. The largest absolute Gasteiger partial charge is 0.491 e. The molecule has 0 fully saturated rings. The van der Waals surface area contributed by atoms with E-state index in [2.05, 4.69) is 26.0 Å². The third-order valence-corrected chi connectivity index (χ3v) is 6.16. The highest BCUT2D eigenvalue weighted by atomic mass is 19.4. The van der Waals surface area contributed by atoms with E-state index in [1.54, 1.807) is 48.5 Å². The summed E-state index contributed by atoms with van der Waals surface area (Å²) in [4.78, 5) is 59.9. The molecule has 1 atom stereocenters. The monoisotopic (exact) mass is 612 g/mol. The number of para-hydroxylation sites is 1. The fraction of sp³-hybridized carbons (Fsp3) is 0.258. The van der Waals surface area contributed by atoms with Gasteiger partial charge < -0.3 is 26.0 Å². The first-order chi connectivity index (χ1) is 21.0. The fourth-order valence-corrected chi connectivity index (χ4v) is 3.98. The van der Waals surface area contributed by atoms with E-state index in [1.807, 2.05) is 36.4 Å². The molecule has 44 heavy (non-hydrogen) atoms. The van der Waals surface area contributed by atoms with Crippen LogP contribution in [0.1, 0.15) is 37.3 Å². The number of benzene rings is 3. The van der Waals surface area contributed by atoms with Crippen LogP contribution < -0.4 is 21.3 Å². The summed E-state index contributed by atoms with van der Waals surface area (Å²) in [5.41, 5.74) is 2.71. The Bertz CT molecular complexity index is 1420. The van der Waals surface area contributed by atoms with Crippen LogP contribution >= 0.6 is 0 Å². The number of carbonyl (C=O) groups is 5. The molecule has 0 radical (unpaired) electrons. The molecule has 13 heteroatoms. The van der Waals surface area contributed by atoms with Crippen molar-refractivity contribution in [3.63, 3.8) is 0 Å². The molecule has 0 aliphatic rings. The molecule has 3 aromatic carbocycles. The van der Waals surface area contributed by atoms with E-state index in [1.165, 1.54) is 0 Å². The molecule has 4 amide bonds. The number of unbranched alkanes of at least 4 members (excludes halogenated alkanes) is 1. The molecule has 10 nitrogen and oxygen atoms in total. The Kier molecular flexibility index (Phi) is 12.4. The molecule has 232 valence electrons. The van der Waals surface area contributed by atoms with Gasteiger partial charge in [-0.2, -0.15) is 13.2 Å². The average Bonchev–Trinajstić information content (AvgIpc) is 3.00. The Morgan fingerprint density at radius 1 is 0.727 bits per heavy atom. The van der Waals surface area contributed by atoms with Gasteiger partial charge in [-0.15, -0.1) is 0 Å². The van der Waals surface area contributed by atoms with Crippen LogP contribution in [-0.4, -0.2) is 49.0 Å². The Labute approximate surface area is 251 Å². The van der Waals surface area contributed by atoms with E-state index in [4.69, 9.17) is 0 Å². The van der Waals surface area contributed by atoms with E-state index < -0.39 is 48.9 Å². The van der Waals surface area contributed by atoms with Gasteiger partial charge in [-0.1, -0.05) is 72.8 Å². The minimum absolute atomic E-state index is 0.0749.